The fourth-order valence-electron chi connectivity index (χ4n) is 8.06. The molecule has 4 fully saturated rings. The summed E-state index contributed by atoms with van der Waals surface area (Å²) in [4.78, 5) is 118. The first-order valence-electron chi connectivity index (χ1n) is 19.4. The average Bonchev–Trinajstić information content (AvgIpc) is 3.63. The van der Waals surface area contributed by atoms with Gasteiger partial charge < -0.3 is 45.7 Å². The third-order valence-electron chi connectivity index (χ3n) is 11.2. The third-order valence-corrected chi connectivity index (χ3v) is 11.2. The van der Waals surface area contributed by atoms with Gasteiger partial charge in [0.15, 0.2) is 0 Å². The van der Waals surface area contributed by atoms with Crippen LogP contribution in [-0.2, 0) is 47.8 Å². The standard InChI is InChI=1S/C36H32N4O9.C8H4O6.I2/c1-19(41)28-29(31(36(47)48)30(28)35(45)46)34(44)40-23-9-5-21(6-10-23)33(43)39-25-13-17-27(18-14-25)49-26-15-11-24(12-16-26)38-32(42)20-3-7-22(37-2)8-4-20;9-5-1-2(6(10)13-5)4-3(1)7(11)14-8(4)12;1-2/h3-18,28-31,37H,1-2H3,(H,38,42)(H,39,43)(H,40,44)(H,45,46)(H,47,48);1-4H;. The van der Waals surface area contributed by atoms with Crippen molar-refractivity contribution in [3.8, 4) is 11.5 Å². The molecule has 2 heterocycles. The number of esters is 4. The van der Waals surface area contributed by atoms with Crippen LogP contribution in [0.2, 0.25) is 0 Å². The largest absolute Gasteiger partial charge is 0.481 e. The van der Waals surface area contributed by atoms with Crippen LogP contribution >= 0.6 is 37.2 Å². The molecule has 2 saturated heterocycles. The number of ether oxygens (including phenoxy) is 3. The molecule has 4 aromatic rings. The van der Waals surface area contributed by atoms with Gasteiger partial charge in [-0.3, -0.25) is 47.9 Å². The molecule has 21 heteroatoms. The van der Waals surface area contributed by atoms with E-state index < -0.39 is 101 Å². The van der Waals surface area contributed by atoms with Gasteiger partial charge in [-0.05, 0) is 104 Å². The maximum atomic E-state index is 12.9. The average molecular weight is 1110 g/mol. The van der Waals surface area contributed by atoms with Gasteiger partial charge in [-0.1, -0.05) is 0 Å². The second-order valence-corrected chi connectivity index (χ2v) is 14.9. The van der Waals surface area contributed by atoms with E-state index in [1.165, 1.54) is 24.3 Å². The molecule has 65 heavy (non-hydrogen) atoms. The van der Waals surface area contributed by atoms with Gasteiger partial charge in [0.25, 0.3) is 11.8 Å². The minimum Gasteiger partial charge on any atom is -0.481 e. The summed E-state index contributed by atoms with van der Waals surface area (Å²) in [5, 5.41) is 30.0. The predicted octanol–water partition coefficient (Wildman–Crippen LogP) is 5.60. The van der Waals surface area contributed by atoms with Gasteiger partial charge in [0, 0.05) is 84.1 Å². The highest BCUT2D eigenvalue weighted by molar-refractivity contribution is 15.0. The second kappa shape index (κ2) is 20.4. The number of Topliss-reactive ketones (excluding diaryl/α,β-unsaturated/α-hetero) is 1. The smallest absolute Gasteiger partial charge is 0.318 e. The number of halogens is 2. The van der Waals surface area contributed by atoms with Crippen LogP contribution in [0.5, 0.6) is 11.5 Å². The van der Waals surface area contributed by atoms with Gasteiger partial charge in [-0.15, -0.1) is 0 Å². The molecule has 4 atom stereocenters. The number of cyclic esters (lactones) is 4. The number of hydrogen-bond acceptors (Lipinski definition) is 14. The second-order valence-electron chi connectivity index (χ2n) is 14.9. The maximum Gasteiger partial charge on any atom is 0.318 e. The first-order chi connectivity index (χ1) is 31.1. The molecule has 4 aromatic carbocycles. The number of nitrogens with one attached hydrogen (secondary N) is 4. The molecule has 2 saturated carbocycles. The Balaban J connectivity index is 0.000000364. The summed E-state index contributed by atoms with van der Waals surface area (Å²) in [6.45, 7) is 1.13. The van der Waals surface area contributed by atoms with E-state index in [0.29, 0.717) is 28.4 Å². The van der Waals surface area contributed by atoms with Crippen molar-refractivity contribution in [2.45, 2.75) is 6.92 Å². The minimum atomic E-state index is -1.54. The quantitative estimate of drug-likeness (QED) is 0.0572. The first-order valence-corrected chi connectivity index (χ1v) is 25.7. The Bertz CT molecular complexity index is 2470. The highest BCUT2D eigenvalue weighted by atomic mass is 128. The zero-order valence-electron chi connectivity index (χ0n) is 33.8. The molecule has 19 nitrogen and oxygen atoms in total. The minimum absolute atomic E-state index is 0.239. The van der Waals surface area contributed by atoms with Crippen LogP contribution in [-0.4, -0.2) is 76.6 Å². The van der Waals surface area contributed by atoms with Crippen molar-refractivity contribution < 1.29 is 72.4 Å². The lowest BCUT2D eigenvalue weighted by Crippen LogP contribution is -2.60. The highest BCUT2D eigenvalue weighted by Gasteiger charge is 2.72. The Labute approximate surface area is 391 Å². The van der Waals surface area contributed by atoms with E-state index in [0.717, 1.165) is 12.6 Å². The molecular weight excluding hydrogens is 1080 g/mol. The highest BCUT2D eigenvalue weighted by Crippen LogP contribution is 2.55. The Morgan fingerprint density at radius 2 is 0.815 bits per heavy atom. The third kappa shape index (κ3) is 10.1. The Kier molecular flexibility index (Phi) is 15.0. The number of amides is 3. The summed E-state index contributed by atoms with van der Waals surface area (Å²) in [6.07, 6.45) is 0. The summed E-state index contributed by atoms with van der Waals surface area (Å²) in [5.74, 6) is -15.6. The van der Waals surface area contributed by atoms with Crippen LogP contribution in [0, 0.1) is 47.3 Å². The van der Waals surface area contributed by atoms with E-state index in [4.69, 9.17) is 4.74 Å². The number of carboxylic acid groups (broad SMARTS) is 2. The number of fused-ring (bicyclic) bond motifs is 4. The van der Waals surface area contributed by atoms with Gasteiger partial charge in [-0.25, -0.2) is 0 Å². The SMILES string of the molecule is CNc1ccc(C(=O)Nc2ccc(Oc3ccc(NC(=O)c4ccc(NC(=O)C5C(C(C)=O)C(C(=O)O)C5C(=O)O)cc4)cc3)cc2)cc1.II.O=C1OC(=O)C2C1C1C(=O)OC(=O)C21. The number of anilines is 4. The van der Waals surface area contributed by atoms with Crippen molar-refractivity contribution in [3.05, 3.63) is 108 Å². The van der Waals surface area contributed by atoms with E-state index in [9.17, 15) is 58.2 Å². The molecule has 4 unspecified atom stereocenters. The Hall–Kier alpha value is -6.76. The molecule has 4 aliphatic rings. The number of aliphatic carboxylic acids is 2. The summed E-state index contributed by atoms with van der Waals surface area (Å²) in [6, 6.07) is 26.4. The van der Waals surface area contributed by atoms with Crippen molar-refractivity contribution in [3.63, 3.8) is 0 Å². The summed E-state index contributed by atoms with van der Waals surface area (Å²) in [7, 11) is 1.80. The molecule has 0 radical (unpaired) electrons. The Morgan fingerprint density at radius 3 is 1.15 bits per heavy atom. The molecule has 0 bridgehead atoms. The van der Waals surface area contributed by atoms with E-state index in [1.807, 2.05) is 12.1 Å². The zero-order chi connectivity index (χ0) is 47.3. The van der Waals surface area contributed by atoms with Gasteiger partial charge in [-0.2, -0.15) is 0 Å². The zero-order valence-corrected chi connectivity index (χ0v) is 38.1. The van der Waals surface area contributed by atoms with Crippen LogP contribution in [0.3, 0.4) is 0 Å². The topological polar surface area (TPSA) is 287 Å². The molecule has 2 aliphatic heterocycles. The molecule has 0 aromatic heterocycles. The lowest BCUT2D eigenvalue weighted by molar-refractivity contribution is -0.179. The lowest BCUT2D eigenvalue weighted by Gasteiger charge is -2.45. The van der Waals surface area contributed by atoms with E-state index in [-0.39, 0.29) is 17.2 Å². The van der Waals surface area contributed by atoms with Gasteiger partial charge in [0.2, 0.25) is 5.91 Å². The van der Waals surface area contributed by atoms with Crippen molar-refractivity contribution >= 4 is 119 Å². The first kappa shape index (κ1) is 47.7. The number of carbonyl (C=O) groups is 10. The fourth-order valence-corrected chi connectivity index (χ4v) is 8.06. The van der Waals surface area contributed by atoms with E-state index >= 15 is 0 Å². The van der Waals surface area contributed by atoms with Crippen molar-refractivity contribution in [1.29, 1.82) is 0 Å². The van der Waals surface area contributed by atoms with Crippen LogP contribution in [0.1, 0.15) is 27.6 Å². The number of carbonyl (C=O) groups excluding carboxylic acids is 8. The maximum absolute atomic E-state index is 12.9. The van der Waals surface area contributed by atoms with Gasteiger partial charge >= 0.3 is 35.8 Å². The molecule has 336 valence electrons. The molecule has 3 amide bonds. The fraction of sp³-hybridized carbons (Fsp3) is 0.227. The molecule has 0 spiro atoms. The number of hydrogen-bond donors (Lipinski definition) is 6. The summed E-state index contributed by atoms with van der Waals surface area (Å²) >= 11 is 4.24. The van der Waals surface area contributed by atoms with Crippen LogP contribution in [0.15, 0.2) is 97.1 Å². The van der Waals surface area contributed by atoms with E-state index in [2.05, 4.69) is 68.0 Å². The molecular formula is C44H36I2N4O15. The van der Waals surface area contributed by atoms with Gasteiger partial charge in [0.05, 0.1) is 41.4 Å². The number of carboxylic acids is 2. The summed E-state index contributed by atoms with van der Waals surface area (Å²) in [5.41, 5.74) is 3.02. The summed E-state index contributed by atoms with van der Waals surface area (Å²) < 4.78 is 14.6. The van der Waals surface area contributed by atoms with Crippen molar-refractivity contribution in [2.24, 2.45) is 47.3 Å². The van der Waals surface area contributed by atoms with Crippen LogP contribution in [0.25, 0.3) is 0 Å². The number of benzene rings is 4. The Morgan fingerprint density at radius 1 is 0.492 bits per heavy atom. The molecule has 6 N–H and O–H groups in total. The van der Waals surface area contributed by atoms with Gasteiger partial charge in [0.1, 0.15) is 17.3 Å². The van der Waals surface area contributed by atoms with Crippen molar-refractivity contribution in [2.75, 3.05) is 28.3 Å². The predicted molar refractivity (Wildman–Crippen MR) is 244 cm³/mol. The van der Waals surface area contributed by atoms with E-state index in [1.54, 1.807) is 67.7 Å². The normalized spacial score (nSPS) is 23.0. The monoisotopic (exact) mass is 1110 g/mol. The number of ketones is 1. The van der Waals surface area contributed by atoms with Crippen LogP contribution < -0.4 is 26.0 Å². The number of rotatable bonds is 12. The van der Waals surface area contributed by atoms with Crippen LogP contribution in [0.4, 0.5) is 22.7 Å². The molecule has 8 rings (SSSR count). The lowest BCUT2D eigenvalue weighted by atomic mass is 9.55. The van der Waals surface area contributed by atoms with Crippen molar-refractivity contribution in [1.82, 2.24) is 0 Å². The molecule has 2 aliphatic carbocycles.